The van der Waals surface area contributed by atoms with Crippen molar-refractivity contribution >= 4 is 22.6 Å². The number of aromatic nitrogens is 1. The standard InChI is InChI=1S/C14H17N3O4/c1-3-8-4-11-13(12(5-8)17(20)21)9(7(2)16-11)6-10(15)14(18)19/h4-5,10,16H,3,6,15H2,1-2H3,(H,18,19). The van der Waals surface area contributed by atoms with Crippen molar-refractivity contribution < 1.29 is 14.8 Å². The van der Waals surface area contributed by atoms with Gasteiger partial charge in [-0.1, -0.05) is 6.92 Å². The first-order valence-corrected chi connectivity index (χ1v) is 6.62. The summed E-state index contributed by atoms with van der Waals surface area (Å²) in [6.07, 6.45) is 0.728. The van der Waals surface area contributed by atoms with Crippen LogP contribution >= 0.6 is 0 Å². The highest BCUT2D eigenvalue weighted by molar-refractivity contribution is 5.94. The zero-order valence-electron chi connectivity index (χ0n) is 11.8. The minimum atomic E-state index is -1.13. The third kappa shape index (κ3) is 2.73. The number of hydrogen-bond donors (Lipinski definition) is 3. The number of carbonyl (C=O) groups is 1. The van der Waals surface area contributed by atoms with E-state index in [1.807, 2.05) is 13.0 Å². The highest BCUT2D eigenvalue weighted by atomic mass is 16.6. The summed E-state index contributed by atoms with van der Waals surface area (Å²) in [5.74, 6) is -1.13. The fourth-order valence-electron chi connectivity index (χ4n) is 2.48. The molecule has 0 amide bonds. The largest absolute Gasteiger partial charge is 0.480 e. The monoisotopic (exact) mass is 291 g/mol. The molecule has 7 nitrogen and oxygen atoms in total. The zero-order chi connectivity index (χ0) is 15.7. The molecule has 2 aromatic rings. The molecule has 7 heteroatoms. The molecule has 1 aromatic heterocycles. The zero-order valence-corrected chi connectivity index (χ0v) is 11.8. The van der Waals surface area contributed by atoms with Crippen LogP contribution in [0.2, 0.25) is 0 Å². The first-order valence-electron chi connectivity index (χ1n) is 6.62. The van der Waals surface area contributed by atoms with Gasteiger partial charge in [-0.15, -0.1) is 0 Å². The number of benzene rings is 1. The van der Waals surface area contributed by atoms with E-state index in [0.717, 1.165) is 5.56 Å². The van der Waals surface area contributed by atoms with Gasteiger partial charge in [-0.3, -0.25) is 14.9 Å². The molecule has 0 spiro atoms. The van der Waals surface area contributed by atoms with Gasteiger partial charge in [0.25, 0.3) is 5.69 Å². The minimum absolute atomic E-state index is 0.0127. The van der Waals surface area contributed by atoms with Crippen molar-refractivity contribution in [3.63, 3.8) is 0 Å². The van der Waals surface area contributed by atoms with Crippen molar-refractivity contribution in [3.05, 3.63) is 39.1 Å². The van der Waals surface area contributed by atoms with Gasteiger partial charge in [0.05, 0.1) is 15.8 Å². The molecule has 1 atom stereocenters. The van der Waals surface area contributed by atoms with Gasteiger partial charge in [0.1, 0.15) is 6.04 Å². The number of nitrogens with two attached hydrogens (primary N) is 1. The van der Waals surface area contributed by atoms with Crippen molar-refractivity contribution in [2.75, 3.05) is 0 Å². The third-order valence-electron chi connectivity index (χ3n) is 3.60. The SMILES string of the molecule is CCc1cc([N+](=O)[O-])c2c(CC(N)C(=O)O)c(C)[nH]c2c1. The topological polar surface area (TPSA) is 122 Å². The third-order valence-corrected chi connectivity index (χ3v) is 3.60. The van der Waals surface area contributed by atoms with E-state index in [4.69, 9.17) is 10.8 Å². The van der Waals surface area contributed by atoms with E-state index >= 15 is 0 Å². The second kappa shape index (κ2) is 5.53. The average Bonchev–Trinajstić information content (AvgIpc) is 2.73. The summed E-state index contributed by atoms with van der Waals surface area (Å²) in [5.41, 5.74) is 8.35. The van der Waals surface area contributed by atoms with Gasteiger partial charge < -0.3 is 15.8 Å². The summed E-state index contributed by atoms with van der Waals surface area (Å²) >= 11 is 0. The van der Waals surface area contributed by atoms with Gasteiger partial charge in [-0.2, -0.15) is 0 Å². The van der Waals surface area contributed by atoms with Crippen LogP contribution in [0.3, 0.4) is 0 Å². The van der Waals surface area contributed by atoms with Gasteiger partial charge in [-0.25, -0.2) is 0 Å². The Morgan fingerprint density at radius 3 is 2.71 bits per heavy atom. The fourth-order valence-corrected chi connectivity index (χ4v) is 2.48. The maximum absolute atomic E-state index is 11.3. The summed E-state index contributed by atoms with van der Waals surface area (Å²) in [6.45, 7) is 3.68. The fraction of sp³-hybridized carbons (Fsp3) is 0.357. The summed E-state index contributed by atoms with van der Waals surface area (Å²) in [5, 5.41) is 20.7. The molecule has 0 radical (unpaired) electrons. The van der Waals surface area contributed by atoms with Gasteiger partial charge in [0, 0.05) is 18.2 Å². The second-order valence-electron chi connectivity index (χ2n) is 5.03. The van der Waals surface area contributed by atoms with Crippen molar-refractivity contribution in [2.45, 2.75) is 32.7 Å². The van der Waals surface area contributed by atoms with Crippen LogP contribution in [0.15, 0.2) is 12.1 Å². The lowest BCUT2D eigenvalue weighted by atomic mass is 10.00. The molecule has 4 N–H and O–H groups in total. The van der Waals surface area contributed by atoms with Gasteiger partial charge in [-0.05, 0) is 30.5 Å². The summed E-state index contributed by atoms with van der Waals surface area (Å²) < 4.78 is 0. The molecule has 1 unspecified atom stereocenters. The van der Waals surface area contributed by atoms with E-state index in [-0.39, 0.29) is 12.1 Å². The number of non-ortho nitro benzene ring substituents is 1. The van der Waals surface area contributed by atoms with Crippen molar-refractivity contribution in [2.24, 2.45) is 5.73 Å². The Kier molecular flexibility index (Phi) is 3.95. The number of carboxylic acid groups (broad SMARTS) is 1. The Morgan fingerprint density at radius 2 is 2.19 bits per heavy atom. The number of nitrogens with zero attached hydrogens (tertiary/aromatic N) is 1. The molecule has 0 saturated carbocycles. The Bertz CT molecular complexity index is 721. The van der Waals surface area contributed by atoms with Crippen molar-refractivity contribution in [1.29, 1.82) is 0 Å². The van der Waals surface area contributed by atoms with Crippen LogP contribution in [0.5, 0.6) is 0 Å². The first-order chi connectivity index (χ1) is 9.85. The normalized spacial score (nSPS) is 12.5. The molecule has 0 fully saturated rings. The van der Waals surface area contributed by atoms with E-state index in [2.05, 4.69) is 4.98 Å². The Morgan fingerprint density at radius 1 is 1.52 bits per heavy atom. The molecule has 2 rings (SSSR count). The molecular weight excluding hydrogens is 274 g/mol. The van der Waals surface area contributed by atoms with E-state index < -0.39 is 16.9 Å². The Hall–Kier alpha value is -2.41. The lowest BCUT2D eigenvalue weighted by Crippen LogP contribution is -2.32. The molecule has 0 saturated heterocycles. The molecule has 0 aliphatic carbocycles. The smallest absolute Gasteiger partial charge is 0.320 e. The van der Waals surface area contributed by atoms with Crippen LogP contribution < -0.4 is 5.73 Å². The number of aromatic amines is 1. The Labute approximate surface area is 120 Å². The average molecular weight is 291 g/mol. The molecule has 1 heterocycles. The highest BCUT2D eigenvalue weighted by Gasteiger charge is 2.23. The van der Waals surface area contributed by atoms with Gasteiger partial charge in [0.2, 0.25) is 0 Å². The van der Waals surface area contributed by atoms with Crippen molar-refractivity contribution in [1.82, 2.24) is 4.98 Å². The number of carboxylic acids is 1. The lowest BCUT2D eigenvalue weighted by Gasteiger charge is -2.07. The van der Waals surface area contributed by atoms with Crippen LogP contribution in [-0.2, 0) is 17.6 Å². The molecule has 1 aromatic carbocycles. The van der Waals surface area contributed by atoms with Gasteiger partial charge >= 0.3 is 5.97 Å². The summed E-state index contributed by atoms with van der Waals surface area (Å²) in [6, 6.07) is 2.30. The quantitative estimate of drug-likeness (QED) is 0.573. The number of nitro benzene ring substituents is 1. The molecule has 21 heavy (non-hydrogen) atoms. The molecule has 0 aliphatic heterocycles. The van der Waals surface area contributed by atoms with E-state index in [0.29, 0.717) is 28.6 Å². The van der Waals surface area contributed by atoms with Crippen LogP contribution in [-0.4, -0.2) is 27.0 Å². The maximum Gasteiger partial charge on any atom is 0.320 e. The number of H-pyrrole nitrogens is 1. The number of nitro groups is 1. The predicted molar refractivity (Wildman–Crippen MR) is 78.4 cm³/mol. The number of rotatable bonds is 5. The van der Waals surface area contributed by atoms with Crippen LogP contribution in [0.1, 0.15) is 23.7 Å². The number of fused-ring (bicyclic) bond motifs is 1. The maximum atomic E-state index is 11.3. The minimum Gasteiger partial charge on any atom is -0.480 e. The second-order valence-corrected chi connectivity index (χ2v) is 5.03. The molecular formula is C14H17N3O4. The van der Waals surface area contributed by atoms with Gasteiger partial charge in [0.15, 0.2) is 0 Å². The summed E-state index contributed by atoms with van der Waals surface area (Å²) in [4.78, 5) is 24.9. The molecule has 0 bridgehead atoms. The number of aliphatic carboxylic acids is 1. The first kappa shape index (κ1) is 15.0. The van der Waals surface area contributed by atoms with E-state index in [1.54, 1.807) is 6.92 Å². The van der Waals surface area contributed by atoms with E-state index in [9.17, 15) is 14.9 Å². The number of aryl methyl sites for hydroxylation is 2. The number of nitrogens with one attached hydrogen (secondary N) is 1. The lowest BCUT2D eigenvalue weighted by molar-refractivity contribution is -0.383. The molecule has 0 aliphatic rings. The predicted octanol–water partition coefficient (Wildman–Crippen LogP) is 1.90. The van der Waals surface area contributed by atoms with Crippen LogP contribution in [0.25, 0.3) is 10.9 Å². The van der Waals surface area contributed by atoms with Crippen LogP contribution in [0, 0.1) is 17.0 Å². The van der Waals surface area contributed by atoms with E-state index in [1.165, 1.54) is 6.07 Å². The Balaban J connectivity index is 2.68. The van der Waals surface area contributed by atoms with Crippen LogP contribution in [0.4, 0.5) is 5.69 Å². The highest BCUT2D eigenvalue weighted by Crippen LogP contribution is 2.33. The van der Waals surface area contributed by atoms with Crippen molar-refractivity contribution in [3.8, 4) is 0 Å². The summed E-state index contributed by atoms with van der Waals surface area (Å²) in [7, 11) is 0. The molecule has 112 valence electrons. The number of hydrogen-bond acceptors (Lipinski definition) is 4.